The van der Waals surface area contributed by atoms with Crippen molar-refractivity contribution in [3.8, 4) is 5.75 Å². The van der Waals surface area contributed by atoms with Gasteiger partial charge in [-0.3, -0.25) is 14.3 Å². The number of aromatic hydroxyl groups is 1. The molecule has 0 saturated carbocycles. The summed E-state index contributed by atoms with van der Waals surface area (Å²) in [6, 6.07) is 0. The molecule has 4 atom stereocenters. The van der Waals surface area contributed by atoms with Crippen molar-refractivity contribution in [1.29, 1.82) is 0 Å². The molecule has 0 spiro atoms. The van der Waals surface area contributed by atoms with Gasteiger partial charge in [-0.2, -0.15) is 0 Å². The highest BCUT2D eigenvalue weighted by Crippen LogP contribution is 2.28. The van der Waals surface area contributed by atoms with E-state index >= 15 is 0 Å². The van der Waals surface area contributed by atoms with Crippen LogP contribution >= 0.6 is 0 Å². The van der Waals surface area contributed by atoms with Gasteiger partial charge in [0, 0.05) is 0 Å². The van der Waals surface area contributed by atoms with Gasteiger partial charge in [0.15, 0.2) is 12.0 Å². The Bertz CT molecular complexity index is 551. The van der Waals surface area contributed by atoms with Gasteiger partial charge >= 0.3 is 5.69 Å². The number of hydrogen-bond donors (Lipinski definition) is 5. The molecule has 1 aliphatic rings. The number of nitrogens with one attached hydrogen (secondary N) is 1. The van der Waals surface area contributed by atoms with E-state index in [1.165, 1.54) is 0 Å². The Hall–Kier alpha value is -1.68. The lowest BCUT2D eigenvalue weighted by atomic mass is 10.1. The van der Waals surface area contributed by atoms with Crippen molar-refractivity contribution in [1.82, 2.24) is 9.55 Å². The third-order valence-electron chi connectivity index (χ3n) is 2.74. The number of nitrogens with zero attached hydrogens (tertiary/aromatic N) is 1. The van der Waals surface area contributed by atoms with E-state index in [9.17, 15) is 24.9 Å². The van der Waals surface area contributed by atoms with E-state index in [1.807, 2.05) is 4.98 Å². The summed E-state index contributed by atoms with van der Waals surface area (Å²) in [7, 11) is 0. The molecule has 0 radical (unpaired) electrons. The van der Waals surface area contributed by atoms with Crippen LogP contribution in [0.25, 0.3) is 0 Å². The molecular formula is C9H12N2O7. The first-order chi connectivity index (χ1) is 8.45. The van der Waals surface area contributed by atoms with Crippen LogP contribution in [0.15, 0.2) is 15.8 Å². The van der Waals surface area contributed by atoms with Crippen molar-refractivity contribution in [3.63, 3.8) is 0 Å². The number of aromatic amines is 1. The minimum Gasteiger partial charge on any atom is -0.502 e. The van der Waals surface area contributed by atoms with Crippen molar-refractivity contribution in [3.05, 3.63) is 27.0 Å². The van der Waals surface area contributed by atoms with E-state index in [0.29, 0.717) is 0 Å². The molecule has 2 heterocycles. The van der Waals surface area contributed by atoms with Crippen LogP contribution < -0.4 is 11.2 Å². The average molecular weight is 260 g/mol. The minimum absolute atomic E-state index is 0.543. The molecule has 0 bridgehead atoms. The highest BCUT2D eigenvalue weighted by atomic mass is 16.6. The van der Waals surface area contributed by atoms with Gasteiger partial charge in [-0.15, -0.1) is 0 Å². The maximum absolute atomic E-state index is 11.5. The standard InChI is InChI=1S/C9H12N2O7/c12-2-4-5(14)6(15)8(18-4)11-1-3(13)7(16)10-9(11)17/h1,4-6,8,12-15H,2H2,(H,10,16,17)/t4-,5+,6-,8-/m0/s1. The number of aliphatic hydroxyl groups excluding tert-OH is 3. The first kappa shape index (κ1) is 12.8. The van der Waals surface area contributed by atoms with Crippen LogP contribution in [-0.4, -0.2) is 54.9 Å². The van der Waals surface area contributed by atoms with E-state index < -0.39 is 48.1 Å². The van der Waals surface area contributed by atoms with Crippen LogP contribution in [0.5, 0.6) is 5.75 Å². The van der Waals surface area contributed by atoms with Gasteiger partial charge in [-0.1, -0.05) is 0 Å². The van der Waals surface area contributed by atoms with Crippen molar-refractivity contribution >= 4 is 0 Å². The fraction of sp³-hybridized carbons (Fsp3) is 0.556. The first-order valence-corrected chi connectivity index (χ1v) is 5.12. The summed E-state index contributed by atoms with van der Waals surface area (Å²) in [6.45, 7) is -0.543. The average Bonchev–Trinajstić information content (AvgIpc) is 2.61. The smallest absolute Gasteiger partial charge is 0.330 e. The van der Waals surface area contributed by atoms with E-state index in [4.69, 9.17) is 9.84 Å². The Kier molecular flexibility index (Phi) is 3.22. The predicted octanol–water partition coefficient (Wildman–Crippen LogP) is -3.15. The Balaban J connectivity index is 2.42. The van der Waals surface area contributed by atoms with Crippen molar-refractivity contribution in [2.24, 2.45) is 0 Å². The molecule has 2 rings (SSSR count). The van der Waals surface area contributed by atoms with Gasteiger partial charge in [-0.25, -0.2) is 4.79 Å². The van der Waals surface area contributed by atoms with Crippen molar-refractivity contribution in [2.75, 3.05) is 6.61 Å². The van der Waals surface area contributed by atoms with E-state index in [0.717, 1.165) is 10.8 Å². The molecule has 5 N–H and O–H groups in total. The molecule has 1 saturated heterocycles. The summed E-state index contributed by atoms with van der Waals surface area (Å²) < 4.78 is 5.81. The second-order valence-electron chi connectivity index (χ2n) is 3.91. The Morgan fingerprint density at radius 3 is 2.56 bits per heavy atom. The number of H-pyrrole nitrogens is 1. The topological polar surface area (TPSA) is 145 Å². The summed E-state index contributed by atoms with van der Waals surface area (Å²) in [5.74, 6) is -0.729. The maximum Gasteiger partial charge on any atom is 0.330 e. The van der Waals surface area contributed by atoms with Gasteiger partial charge in [-0.05, 0) is 0 Å². The maximum atomic E-state index is 11.5. The number of hydrogen-bond acceptors (Lipinski definition) is 7. The molecular weight excluding hydrogens is 248 g/mol. The van der Waals surface area contributed by atoms with Crippen LogP contribution in [0.4, 0.5) is 0 Å². The Morgan fingerprint density at radius 1 is 1.33 bits per heavy atom. The van der Waals surface area contributed by atoms with Crippen molar-refractivity contribution < 1.29 is 25.2 Å². The van der Waals surface area contributed by atoms with E-state index in [2.05, 4.69) is 0 Å². The van der Waals surface area contributed by atoms with E-state index in [-0.39, 0.29) is 0 Å². The monoisotopic (exact) mass is 260 g/mol. The number of ether oxygens (including phenoxy) is 1. The van der Waals surface area contributed by atoms with Gasteiger partial charge in [0.2, 0.25) is 0 Å². The predicted molar refractivity (Wildman–Crippen MR) is 56.0 cm³/mol. The Morgan fingerprint density at radius 2 is 2.00 bits per heavy atom. The fourth-order valence-corrected chi connectivity index (χ4v) is 1.77. The lowest BCUT2D eigenvalue weighted by Crippen LogP contribution is -2.37. The summed E-state index contributed by atoms with van der Waals surface area (Å²) in [4.78, 5) is 24.3. The zero-order valence-corrected chi connectivity index (χ0v) is 9.05. The molecule has 18 heavy (non-hydrogen) atoms. The first-order valence-electron chi connectivity index (χ1n) is 5.12. The highest BCUT2D eigenvalue weighted by Gasteiger charge is 2.43. The molecule has 1 aliphatic heterocycles. The van der Waals surface area contributed by atoms with Gasteiger partial charge < -0.3 is 25.2 Å². The quantitative estimate of drug-likeness (QED) is 0.377. The summed E-state index contributed by atoms with van der Waals surface area (Å²) >= 11 is 0. The third kappa shape index (κ3) is 1.93. The van der Waals surface area contributed by atoms with Gasteiger partial charge in [0.25, 0.3) is 5.56 Å². The molecule has 1 aromatic rings. The van der Waals surface area contributed by atoms with Gasteiger partial charge in [0.05, 0.1) is 12.8 Å². The molecule has 0 unspecified atom stereocenters. The minimum atomic E-state index is -1.47. The second kappa shape index (κ2) is 4.53. The normalized spacial score (nSPS) is 31.7. The lowest BCUT2D eigenvalue weighted by molar-refractivity contribution is -0.0552. The largest absolute Gasteiger partial charge is 0.502 e. The third-order valence-corrected chi connectivity index (χ3v) is 2.74. The molecule has 9 nitrogen and oxygen atoms in total. The number of aromatic nitrogens is 2. The molecule has 0 amide bonds. The van der Waals surface area contributed by atoms with Crippen molar-refractivity contribution in [2.45, 2.75) is 24.5 Å². The van der Waals surface area contributed by atoms with Crippen LogP contribution in [0.2, 0.25) is 0 Å². The van der Waals surface area contributed by atoms with E-state index in [1.54, 1.807) is 0 Å². The van der Waals surface area contributed by atoms with Crippen LogP contribution in [0.1, 0.15) is 6.23 Å². The fourth-order valence-electron chi connectivity index (χ4n) is 1.77. The summed E-state index contributed by atoms with van der Waals surface area (Å²) in [6.07, 6.45) is -4.40. The zero-order valence-electron chi connectivity index (χ0n) is 9.05. The zero-order chi connectivity index (χ0) is 13.4. The lowest BCUT2D eigenvalue weighted by Gasteiger charge is -2.16. The van der Waals surface area contributed by atoms with Crippen LogP contribution in [0, 0.1) is 0 Å². The van der Waals surface area contributed by atoms with Gasteiger partial charge in [0.1, 0.15) is 18.3 Å². The molecule has 0 aromatic carbocycles. The molecule has 9 heteroatoms. The second-order valence-corrected chi connectivity index (χ2v) is 3.91. The number of aliphatic hydroxyl groups is 3. The summed E-state index contributed by atoms with van der Waals surface area (Å²) in [5, 5.41) is 37.3. The Labute approximate surface area is 99.5 Å². The highest BCUT2D eigenvalue weighted by molar-refractivity contribution is 5.10. The molecule has 100 valence electrons. The molecule has 1 fully saturated rings. The van der Waals surface area contributed by atoms with Crippen LogP contribution in [0.3, 0.4) is 0 Å². The summed E-state index contributed by atoms with van der Waals surface area (Å²) in [5.41, 5.74) is -1.88. The van der Waals surface area contributed by atoms with Crippen LogP contribution in [-0.2, 0) is 4.74 Å². The SMILES string of the molecule is O=c1[nH]c(=O)n([C@H]2O[C@@H](CO)[C@@H](O)[C@@H]2O)cc1O. The number of rotatable bonds is 2. The molecule has 0 aliphatic carbocycles. The molecule has 1 aromatic heterocycles.